The van der Waals surface area contributed by atoms with Gasteiger partial charge in [-0.1, -0.05) is 18.2 Å². The topological polar surface area (TPSA) is 91.7 Å². The molecule has 0 spiro atoms. The van der Waals surface area contributed by atoms with Crippen LogP contribution in [0.5, 0.6) is 0 Å². The first-order valence-corrected chi connectivity index (χ1v) is 9.41. The van der Waals surface area contributed by atoms with E-state index in [1.165, 1.54) is 11.2 Å². The van der Waals surface area contributed by atoms with Gasteiger partial charge in [-0.2, -0.15) is 0 Å². The van der Waals surface area contributed by atoms with Crippen molar-refractivity contribution in [1.82, 2.24) is 4.90 Å². The zero-order valence-electron chi connectivity index (χ0n) is 17.1. The van der Waals surface area contributed by atoms with E-state index in [0.29, 0.717) is 11.3 Å². The average Bonchev–Trinajstić information content (AvgIpc) is 3.26. The summed E-state index contributed by atoms with van der Waals surface area (Å²) in [6, 6.07) is 15.4. The van der Waals surface area contributed by atoms with Crippen LogP contribution in [0.25, 0.3) is 0 Å². The fourth-order valence-corrected chi connectivity index (χ4v) is 2.91. The van der Waals surface area contributed by atoms with Crippen LogP contribution in [0.4, 0.5) is 11.4 Å². The van der Waals surface area contributed by atoms with Crippen molar-refractivity contribution in [2.75, 3.05) is 24.2 Å². The summed E-state index contributed by atoms with van der Waals surface area (Å²) in [5.41, 5.74) is 3.60. The van der Waals surface area contributed by atoms with Crippen LogP contribution in [0, 0.1) is 13.8 Å². The molecule has 0 aliphatic carbocycles. The van der Waals surface area contributed by atoms with Gasteiger partial charge in [-0.3, -0.25) is 14.4 Å². The smallest absolute Gasteiger partial charge is 0.291 e. The minimum absolute atomic E-state index is 0.102. The predicted molar refractivity (Wildman–Crippen MR) is 115 cm³/mol. The Hall–Kier alpha value is -3.87. The van der Waals surface area contributed by atoms with E-state index in [4.69, 9.17) is 4.42 Å². The van der Waals surface area contributed by atoms with Gasteiger partial charge in [0.25, 0.3) is 11.8 Å². The second-order valence-corrected chi connectivity index (χ2v) is 6.97. The Morgan fingerprint density at radius 2 is 1.73 bits per heavy atom. The van der Waals surface area contributed by atoms with Gasteiger partial charge in [0, 0.05) is 24.0 Å². The summed E-state index contributed by atoms with van der Waals surface area (Å²) in [7, 11) is 1.55. The molecule has 3 rings (SSSR count). The Balaban J connectivity index is 1.63. The van der Waals surface area contributed by atoms with Crippen LogP contribution in [0.3, 0.4) is 0 Å². The number of nitrogens with one attached hydrogen (secondary N) is 2. The summed E-state index contributed by atoms with van der Waals surface area (Å²) in [6.07, 6.45) is 1.41. The molecule has 2 aromatic carbocycles. The molecule has 0 aliphatic heterocycles. The van der Waals surface area contributed by atoms with Crippen molar-refractivity contribution in [3.8, 4) is 0 Å². The molecule has 1 aromatic heterocycles. The number of hydrogen-bond acceptors (Lipinski definition) is 4. The molecule has 7 heteroatoms. The molecule has 0 aliphatic rings. The third kappa shape index (κ3) is 4.94. The molecule has 0 saturated heterocycles. The van der Waals surface area contributed by atoms with E-state index >= 15 is 0 Å². The van der Waals surface area contributed by atoms with Gasteiger partial charge in [0.2, 0.25) is 5.91 Å². The first-order chi connectivity index (χ1) is 14.3. The lowest BCUT2D eigenvalue weighted by atomic mass is 10.1. The first-order valence-electron chi connectivity index (χ1n) is 9.41. The third-order valence-corrected chi connectivity index (χ3v) is 4.72. The molecule has 30 heavy (non-hydrogen) atoms. The van der Waals surface area contributed by atoms with Crippen LogP contribution in [0.2, 0.25) is 0 Å². The van der Waals surface area contributed by atoms with Gasteiger partial charge in [0.15, 0.2) is 5.76 Å². The minimum atomic E-state index is -0.411. The lowest BCUT2D eigenvalue weighted by molar-refractivity contribution is -0.116. The summed E-state index contributed by atoms with van der Waals surface area (Å²) in [4.78, 5) is 38.6. The summed E-state index contributed by atoms with van der Waals surface area (Å²) < 4.78 is 5.06. The van der Waals surface area contributed by atoms with Gasteiger partial charge in [-0.05, 0) is 61.4 Å². The minimum Gasteiger partial charge on any atom is -0.459 e. The maximum absolute atomic E-state index is 12.7. The number of nitrogens with zero attached hydrogens (tertiary/aromatic N) is 1. The van der Waals surface area contributed by atoms with Crippen molar-refractivity contribution in [1.29, 1.82) is 0 Å². The zero-order valence-corrected chi connectivity index (χ0v) is 17.1. The molecule has 3 aromatic rings. The monoisotopic (exact) mass is 405 g/mol. The first kappa shape index (κ1) is 20.9. The Morgan fingerprint density at radius 1 is 0.967 bits per heavy atom. The molecule has 3 amide bonds. The number of likely N-dealkylation sites (N-methyl/N-ethyl adjacent to an activating group) is 1. The van der Waals surface area contributed by atoms with E-state index in [0.717, 1.165) is 16.8 Å². The van der Waals surface area contributed by atoms with Crippen LogP contribution >= 0.6 is 0 Å². The lowest BCUT2D eigenvalue weighted by Crippen LogP contribution is -2.35. The average molecular weight is 405 g/mol. The highest BCUT2D eigenvalue weighted by Gasteiger charge is 2.17. The van der Waals surface area contributed by atoms with E-state index in [2.05, 4.69) is 10.6 Å². The molecule has 154 valence electrons. The lowest BCUT2D eigenvalue weighted by Gasteiger charge is -2.18. The fraction of sp³-hybridized carbons (Fsp3) is 0.174. The summed E-state index contributed by atoms with van der Waals surface area (Å²) in [5, 5.41) is 5.52. The number of carbonyl (C=O) groups is 3. The van der Waals surface area contributed by atoms with Crippen LogP contribution in [0.1, 0.15) is 32.0 Å². The fourth-order valence-electron chi connectivity index (χ4n) is 2.91. The number of anilines is 2. The molecule has 2 N–H and O–H groups in total. The number of aryl methyl sites for hydroxylation is 1. The molecule has 0 fully saturated rings. The van der Waals surface area contributed by atoms with Crippen LogP contribution in [-0.2, 0) is 4.79 Å². The zero-order chi connectivity index (χ0) is 21.7. The standard InChI is InChI=1S/C23H23N3O4/c1-15-7-4-10-19(16(15)2)25-21(27)14-26(3)23(29)17-8-5-9-18(13-17)24-22(28)20-11-6-12-30-20/h4-13H,14H2,1-3H3,(H,24,28)(H,25,27). The molecular formula is C23H23N3O4. The SMILES string of the molecule is Cc1cccc(NC(=O)CN(C)C(=O)c2cccc(NC(=O)c3ccco3)c2)c1C. The van der Waals surface area contributed by atoms with Gasteiger partial charge in [-0.15, -0.1) is 0 Å². The van der Waals surface area contributed by atoms with E-state index in [-0.39, 0.29) is 24.1 Å². The number of rotatable bonds is 6. The molecule has 7 nitrogen and oxygen atoms in total. The molecule has 0 saturated carbocycles. The van der Waals surface area contributed by atoms with Gasteiger partial charge >= 0.3 is 0 Å². The van der Waals surface area contributed by atoms with Crippen LogP contribution in [0.15, 0.2) is 65.3 Å². The summed E-state index contributed by atoms with van der Waals surface area (Å²) >= 11 is 0. The molecule has 0 radical (unpaired) electrons. The van der Waals surface area contributed by atoms with Gasteiger partial charge < -0.3 is 20.0 Å². The Bertz CT molecular complexity index is 1070. The molecule has 1 heterocycles. The highest BCUT2D eigenvalue weighted by atomic mass is 16.3. The maximum Gasteiger partial charge on any atom is 0.291 e. The van der Waals surface area contributed by atoms with Crippen molar-refractivity contribution in [2.24, 2.45) is 0 Å². The number of furan rings is 1. The van der Waals surface area contributed by atoms with Crippen molar-refractivity contribution in [3.63, 3.8) is 0 Å². The summed E-state index contributed by atoms with van der Waals surface area (Å²) in [5.74, 6) is -0.861. The number of amides is 3. The molecule has 0 bridgehead atoms. The maximum atomic E-state index is 12.7. The van der Waals surface area contributed by atoms with Crippen LogP contribution in [-0.4, -0.2) is 36.2 Å². The highest BCUT2D eigenvalue weighted by Crippen LogP contribution is 2.18. The Labute approximate surface area is 174 Å². The number of hydrogen-bond donors (Lipinski definition) is 2. The molecular weight excluding hydrogens is 382 g/mol. The Kier molecular flexibility index (Phi) is 6.32. The number of benzene rings is 2. The van der Waals surface area contributed by atoms with Gasteiger partial charge in [-0.25, -0.2) is 0 Å². The van der Waals surface area contributed by atoms with E-state index in [1.807, 2.05) is 32.0 Å². The summed E-state index contributed by atoms with van der Waals surface area (Å²) in [6.45, 7) is 3.80. The van der Waals surface area contributed by atoms with Gasteiger partial charge in [0.05, 0.1) is 12.8 Å². The third-order valence-electron chi connectivity index (χ3n) is 4.72. The van der Waals surface area contributed by atoms with Crippen LogP contribution < -0.4 is 10.6 Å². The quantitative estimate of drug-likeness (QED) is 0.651. The van der Waals surface area contributed by atoms with E-state index in [9.17, 15) is 14.4 Å². The number of carbonyl (C=O) groups excluding carboxylic acids is 3. The molecule has 0 unspecified atom stereocenters. The predicted octanol–water partition coefficient (Wildman–Crippen LogP) is 3.86. The van der Waals surface area contributed by atoms with E-state index in [1.54, 1.807) is 43.4 Å². The second-order valence-electron chi connectivity index (χ2n) is 6.97. The van der Waals surface area contributed by atoms with Crippen molar-refractivity contribution in [3.05, 3.63) is 83.3 Å². The van der Waals surface area contributed by atoms with Crippen molar-refractivity contribution in [2.45, 2.75) is 13.8 Å². The second kappa shape index (κ2) is 9.09. The van der Waals surface area contributed by atoms with E-state index < -0.39 is 5.91 Å². The highest BCUT2D eigenvalue weighted by molar-refractivity contribution is 6.04. The normalized spacial score (nSPS) is 10.4. The Morgan fingerprint density at radius 3 is 2.47 bits per heavy atom. The van der Waals surface area contributed by atoms with Gasteiger partial charge in [0.1, 0.15) is 0 Å². The van der Waals surface area contributed by atoms with Crippen molar-refractivity contribution < 1.29 is 18.8 Å². The largest absolute Gasteiger partial charge is 0.459 e. The molecule has 0 atom stereocenters. The van der Waals surface area contributed by atoms with Crippen molar-refractivity contribution >= 4 is 29.1 Å².